The summed E-state index contributed by atoms with van der Waals surface area (Å²) in [6.45, 7) is 2.89. The van der Waals surface area contributed by atoms with Crippen LogP contribution in [0.4, 0.5) is 24.5 Å². The van der Waals surface area contributed by atoms with E-state index in [9.17, 15) is 22.8 Å². The molecule has 0 saturated heterocycles. The highest BCUT2D eigenvalue weighted by Gasteiger charge is 2.34. The van der Waals surface area contributed by atoms with Gasteiger partial charge in [-0.2, -0.15) is 13.2 Å². The van der Waals surface area contributed by atoms with Crippen LogP contribution < -0.4 is 10.6 Å². The van der Waals surface area contributed by atoms with E-state index >= 15 is 0 Å². The van der Waals surface area contributed by atoms with Gasteiger partial charge >= 0.3 is 6.18 Å². The lowest BCUT2D eigenvalue weighted by atomic mass is 10.1. The maximum Gasteiger partial charge on any atom is 0.418 e. The summed E-state index contributed by atoms with van der Waals surface area (Å²) in [6, 6.07) is 9.79. The molecule has 4 nitrogen and oxygen atoms in total. The zero-order chi connectivity index (χ0) is 17.9. The lowest BCUT2D eigenvalue weighted by Crippen LogP contribution is -2.18. The van der Waals surface area contributed by atoms with Crippen LogP contribution in [0, 0.1) is 6.92 Å². The number of hydrogen-bond acceptors (Lipinski definition) is 2. The first-order valence-corrected chi connectivity index (χ1v) is 7.04. The second-order valence-corrected chi connectivity index (χ2v) is 5.21. The number of hydrogen-bond donors (Lipinski definition) is 2. The highest BCUT2D eigenvalue weighted by Crippen LogP contribution is 2.36. The molecule has 7 heteroatoms. The Labute approximate surface area is 136 Å². The molecule has 0 saturated carbocycles. The van der Waals surface area contributed by atoms with E-state index in [0.29, 0.717) is 5.56 Å². The topological polar surface area (TPSA) is 58.2 Å². The lowest BCUT2D eigenvalue weighted by Gasteiger charge is -2.16. The van der Waals surface area contributed by atoms with Crippen molar-refractivity contribution in [3.63, 3.8) is 0 Å². The van der Waals surface area contributed by atoms with Crippen LogP contribution >= 0.6 is 0 Å². The average Bonchev–Trinajstić information content (AvgIpc) is 2.47. The first kappa shape index (κ1) is 17.5. The lowest BCUT2D eigenvalue weighted by molar-refractivity contribution is -0.137. The Balaban J connectivity index is 2.37. The fourth-order valence-corrected chi connectivity index (χ4v) is 2.19. The molecule has 2 rings (SSSR count). The summed E-state index contributed by atoms with van der Waals surface area (Å²) in [4.78, 5) is 23.2. The normalized spacial score (nSPS) is 11.0. The summed E-state index contributed by atoms with van der Waals surface area (Å²) >= 11 is 0. The van der Waals surface area contributed by atoms with Crippen molar-refractivity contribution in [2.24, 2.45) is 0 Å². The number of benzene rings is 2. The SMILES string of the molecule is CC(=O)Nc1ccc(NC(=O)c2ccccc2C)c(C(F)(F)F)c1. The number of carbonyl (C=O) groups is 2. The van der Waals surface area contributed by atoms with E-state index in [1.54, 1.807) is 25.1 Å². The quantitative estimate of drug-likeness (QED) is 0.881. The molecule has 0 aromatic heterocycles. The van der Waals surface area contributed by atoms with Gasteiger partial charge in [0.25, 0.3) is 5.91 Å². The molecule has 0 aliphatic rings. The van der Waals surface area contributed by atoms with E-state index in [-0.39, 0.29) is 16.9 Å². The van der Waals surface area contributed by atoms with Gasteiger partial charge in [-0.25, -0.2) is 0 Å². The average molecular weight is 336 g/mol. The number of amides is 2. The molecule has 2 N–H and O–H groups in total. The molecule has 0 unspecified atom stereocenters. The van der Waals surface area contributed by atoms with Crippen molar-refractivity contribution in [1.82, 2.24) is 0 Å². The summed E-state index contributed by atoms with van der Waals surface area (Å²) in [5, 5.41) is 4.57. The Morgan fingerprint density at radius 3 is 2.25 bits per heavy atom. The molecule has 2 amide bonds. The van der Waals surface area contributed by atoms with Gasteiger partial charge in [0, 0.05) is 18.2 Å². The molecule has 24 heavy (non-hydrogen) atoms. The molecular weight excluding hydrogens is 321 g/mol. The molecule has 0 atom stereocenters. The number of halogens is 3. The van der Waals surface area contributed by atoms with Gasteiger partial charge < -0.3 is 10.6 Å². The fourth-order valence-electron chi connectivity index (χ4n) is 2.19. The monoisotopic (exact) mass is 336 g/mol. The Bertz CT molecular complexity index is 786. The number of rotatable bonds is 3. The third-order valence-electron chi connectivity index (χ3n) is 3.28. The Hall–Kier alpha value is -2.83. The van der Waals surface area contributed by atoms with Gasteiger partial charge in [-0.05, 0) is 36.8 Å². The number of alkyl halides is 3. The molecule has 0 fully saturated rings. The fraction of sp³-hybridized carbons (Fsp3) is 0.176. The van der Waals surface area contributed by atoms with Gasteiger partial charge in [-0.1, -0.05) is 18.2 Å². The molecule has 126 valence electrons. The van der Waals surface area contributed by atoms with Crippen molar-refractivity contribution < 1.29 is 22.8 Å². The summed E-state index contributed by atoms with van der Waals surface area (Å²) in [6.07, 6.45) is -4.68. The third-order valence-corrected chi connectivity index (χ3v) is 3.28. The van der Waals surface area contributed by atoms with Gasteiger partial charge in [0.15, 0.2) is 0 Å². The Morgan fingerprint density at radius 1 is 1.00 bits per heavy atom. The molecule has 0 radical (unpaired) electrons. The first-order valence-electron chi connectivity index (χ1n) is 7.04. The maximum atomic E-state index is 13.2. The second kappa shape index (κ2) is 6.74. The molecule has 0 heterocycles. The van der Waals surface area contributed by atoms with Gasteiger partial charge in [0.1, 0.15) is 0 Å². The minimum absolute atomic E-state index is 0.00344. The second-order valence-electron chi connectivity index (χ2n) is 5.21. The van der Waals surface area contributed by atoms with Gasteiger partial charge in [0.2, 0.25) is 5.91 Å². The summed E-state index contributed by atoms with van der Waals surface area (Å²) in [5.41, 5.74) is -0.459. The molecule has 0 aliphatic heterocycles. The molecule has 0 aliphatic carbocycles. The minimum atomic E-state index is -4.68. The highest BCUT2D eigenvalue weighted by atomic mass is 19.4. The number of carbonyl (C=O) groups excluding carboxylic acids is 2. The smallest absolute Gasteiger partial charge is 0.326 e. The van der Waals surface area contributed by atoms with Crippen molar-refractivity contribution >= 4 is 23.2 Å². The van der Waals surface area contributed by atoms with Crippen molar-refractivity contribution in [3.8, 4) is 0 Å². The predicted molar refractivity (Wildman–Crippen MR) is 84.9 cm³/mol. The van der Waals surface area contributed by atoms with Crippen LogP contribution in [0.3, 0.4) is 0 Å². The van der Waals surface area contributed by atoms with Gasteiger partial charge in [0.05, 0.1) is 11.3 Å². The summed E-state index contributed by atoms with van der Waals surface area (Å²) in [7, 11) is 0. The van der Waals surface area contributed by atoms with Crippen LogP contribution in [0.25, 0.3) is 0 Å². The standard InChI is InChI=1S/C17H15F3N2O2/c1-10-5-3-4-6-13(10)16(24)22-15-8-7-12(21-11(2)23)9-14(15)17(18,19)20/h3-9H,1-2H3,(H,21,23)(H,22,24). The van der Waals surface area contributed by atoms with Gasteiger partial charge in [-0.3, -0.25) is 9.59 Å². The van der Waals surface area contributed by atoms with E-state index < -0.39 is 23.6 Å². The van der Waals surface area contributed by atoms with Crippen molar-refractivity contribution in [1.29, 1.82) is 0 Å². The minimum Gasteiger partial charge on any atom is -0.326 e. The van der Waals surface area contributed by atoms with E-state index in [0.717, 1.165) is 12.1 Å². The van der Waals surface area contributed by atoms with Crippen LogP contribution in [0.15, 0.2) is 42.5 Å². The predicted octanol–water partition coefficient (Wildman–Crippen LogP) is 4.22. The van der Waals surface area contributed by atoms with Crippen LogP contribution in [-0.2, 0) is 11.0 Å². The Kier molecular flexibility index (Phi) is 4.92. The molecule has 2 aromatic carbocycles. The molecule has 0 bridgehead atoms. The van der Waals surface area contributed by atoms with Crippen molar-refractivity contribution in [2.45, 2.75) is 20.0 Å². The number of aryl methyl sites for hydroxylation is 1. The van der Waals surface area contributed by atoms with E-state index in [1.165, 1.54) is 19.1 Å². The van der Waals surface area contributed by atoms with E-state index in [1.807, 2.05) is 0 Å². The van der Waals surface area contributed by atoms with Crippen molar-refractivity contribution in [3.05, 3.63) is 59.2 Å². The number of nitrogens with one attached hydrogen (secondary N) is 2. The zero-order valence-electron chi connectivity index (χ0n) is 13.0. The Morgan fingerprint density at radius 2 is 1.67 bits per heavy atom. The molecule has 2 aromatic rings. The molecular formula is C17H15F3N2O2. The highest BCUT2D eigenvalue weighted by molar-refractivity contribution is 6.05. The van der Waals surface area contributed by atoms with E-state index in [4.69, 9.17) is 0 Å². The zero-order valence-corrected chi connectivity index (χ0v) is 13.0. The largest absolute Gasteiger partial charge is 0.418 e. The van der Waals surface area contributed by atoms with Crippen molar-refractivity contribution in [2.75, 3.05) is 10.6 Å². The maximum absolute atomic E-state index is 13.2. The van der Waals surface area contributed by atoms with Crippen LogP contribution in [0.2, 0.25) is 0 Å². The molecule has 0 spiro atoms. The summed E-state index contributed by atoms with van der Waals surface area (Å²) < 4.78 is 39.7. The number of anilines is 2. The van der Waals surface area contributed by atoms with E-state index in [2.05, 4.69) is 10.6 Å². The summed E-state index contributed by atoms with van der Waals surface area (Å²) in [5.74, 6) is -1.12. The van der Waals surface area contributed by atoms with Crippen LogP contribution in [0.1, 0.15) is 28.4 Å². The van der Waals surface area contributed by atoms with Crippen LogP contribution in [-0.4, -0.2) is 11.8 Å². The van der Waals surface area contributed by atoms with Gasteiger partial charge in [-0.15, -0.1) is 0 Å². The first-order chi connectivity index (χ1) is 11.2. The van der Waals surface area contributed by atoms with Crippen LogP contribution in [0.5, 0.6) is 0 Å². The third kappa shape index (κ3) is 4.13.